The molecule has 0 radical (unpaired) electrons. The van der Waals surface area contributed by atoms with Crippen molar-refractivity contribution in [3.8, 4) is 0 Å². The molecule has 24 heavy (non-hydrogen) atoms. The van der Waals surface area contributed by atoms with Crippen LogP contribution in [0.1, 0.15) is 34.3 Å². The van der Waals surface area contributed by atoms with Crippen LogP contribution < -0.4 is 10.2 Å². The van der Waals surface area contributed by atoms with E-state index in [1.807, 2.05) is 31.2 Å². The first-order valence-electron chi connectivity index (χ1n) is 8.51. The molecule has 0 bridgehead atoms. The van der Waals surface area contributed by atoms with E-state index in [4.69, 9.17) is 0 Å². The number of anilines is 1. The van der Waals surface area contributed by atoms with Gasteiger partial charge in [0.1, 0.15) is 0 Å². The van der Waals surface area contributed by atoms with Crippen molar-refractivity contribution in [1.29, 1.82) is 0 Å². The smallest absolute Gasteiger partial charge is 0.251 e. The summed E-state index contributed by atoms with van der Waals surface area (Å²) in [6.45, 7) is 6.70. The monoisotopic (exact) mass is 324 g/mol. The van der Waals surface area contributed by atoms with Crippen molar-refractivity contribution < 1.29 is 4.79 Å². The summed E-state index contributed by atoms with van der Waals surface area (Å²) in [5, 5.41) is 3.08. The van der Waals surface area contributed by atoms with Crippen LogP contribution in [0, 0.1) is 19.8 Å². The number of carbonyl (C=O) groups excluding carboxylic acids is 1. The fourth-order valence-corrected chi connectivity index (χ4v) is 3.01. The Balaban J connectivity index is 1.48. The van der Waals surface area contributed by atoms with Crippen molar-refractivity contribution in [2.24, 2.45) is 5.92 Å². The molecule has 0 saturated carbocycles. The van der Waals surface area contributed by atoms with Crippen molar-refractivity contribution in [2.45, 2.75) is 26.7 Å². The van der Waals surface area contributed by atoms with Crippen molar-refractivity contribution >= 4 is 11.9 Å². The first-order chi connectivity index (χ1) is 11.6. The minimum atomic E-state index is 0.0203. The van der Waals surface area contributed by atoms with Crippen LogP contribution in [-0.2, 0) is 0 Å². The Labute approximate surface area is 143 Å². The van der Waals surface area contributed by atoms with Crippen molar-refractivity contribution in [3.05, 3.63) is 53.3 Å². The van der Waals surface area contributed by atoms with Gasteiger partial charge >= 0.3 is 0 Å². The molecule has 1 amide bonds. The molecule has 1 N–H and O–H groups in total. The summed E-state index contributed by atoms with van der Waals surface area (Å²) in [4.78, 5) is 23.1. The first kappa shape index (κ1) is 16.4. The number of piperidine rings is 1. The topological polar surface area (TPSA) is 58.1 Å². The molecule has 1 aromatic carbocycles. The molecule has 1 aliphatic heterocycles. The molecule has 126 valence electrons. The summed E-state index contributed by atoms with van der Waals surface area (Å²) < 4.78 is 0. The average molecular weight is 324 g/mol. The molecule has 5 nitrogen and oxygen atoms in total. The van der Waals surface area contributed by atoms with Crippen LogP contribution in [0.3, 0.4) is 0 Å². The second-order valence-corrected chi connectivity index (χ2v) is 6.49. The summed E-state index contributed by atoms with van der Waals surface area (Å²) >= 11 is 0. The molecule has 1 aliphatic rings. The van der Waals surface area contributed by atoms with Crippen LogP contribution in [0.5, 0.6) is 0 Å². The standard InChI is InChI=1S/C19H24N4O/c1-14-4-5-17(12-15(14)2)18(24)22-13-16-6-10-23(11-7-16)19-20-8-3-9-21-19/h3-5,8-9,12,16H,6-7,10-11,13H2,1-2H3,(H,22,24). The lowest BCUT2D eigenvalue weighted by Crippen LogP contribution is -2.39. The average Bonchev–Trinajstić information content (AvgIpc) is 2.63. The maximum absolute atomic E-state index is 12.3. The fraction of sp³-hybridized carbons (Fsp3) is 0.421. The molecule has 1 saturated heterocycles. The molecule has 0 atom stereocenters. The van der Waals surface area contributed by atoms with Crippen molar-refractivity contribution in [3.63, 3.8) is 0 Å². The summed E-state index contributed by atoms with van der Waals surface area (Å²) in [5.41, 5.74) is 3.11. The van der Waals surface area contributed by atoms with Gasteiger partial charge in [0.15, 0.2) is 0 Å². The van der Waals surface area contributed by atoms with Crippen LogP contribution in [0.15, 0.2) is 36.7 Å². The maximum Gasteiger partial charge on any atom is 0.251 e. The van der Waals surface area contributed by atoms with Gasteiger partial charge in [-0.25, -0.2) is 9.97 Å². The third kappa shape index (κ3) is 3.91. The lowest BCUT2D eigenvalue weighted by Gasteiger charge is -2.31. The molecule has 1 aromatic heterocycles. The number of hydrogen-bond donors (Lipinski definition) is 1. The number of benzene rings is 1. The highest BCUT2D eigenvalue weighted by Gasteiger charge is 2.21. The highest BCUT2D eigenvalue weighted by atomic mass is 16.1. The molecule has 5 heteroatoms. The molecular formula is C19H24N4O. The molecule has 1 fully saturated rings. The third-order valence-electron chi connectivity index (χ3n) is 4.77. The number of amides is 1. The number of aromatic nitrogens is 2. The highest BCUT2D eigenvalue weighted by molar-refractivity contribution is 5.94. The van der Waals surface area contributed by atoms with Crippen LogP contribution >= 0.6 is 0 Å². The van der Waals surface area contributed by atoms with E-state index in [2.05, 4.69) is 27.1 Å². The Morgan fingerprint density at radius 3 is 2.54 bits per heavy atom. The number of nitrogens with one attached hydrogen (secondary N) is 1. The second-order valence-electron chi connectivity index (χ2n) is 6.49. The summed E-state index contributed by atoms with van der Waals surface area (Å²) in [6.07, 6.45) is 5.65. The van der Waals surface area contributed by atoms with Crippen LogP contribution in [-0.4, -0.2) is 35.5 Å². The lowest BCUT2D eigenvalue weighted by atomic mass is 9.97. The number of carbonyl (C=O) groups is 1. The van der Waals surface area contributed by atoms with Crippen molar-refractivity contribution in [1.82, 2.24) is 15.3 Å². The van der Waals surface area contributed by atoms with Gasteiger partial charge in [0.2, 0.25) is 5.95 Å². The fourth-order valence-electron chi connectivity index (χ4n) is 3.01. The van der Waals surface area contributed by atoms with E-state index in [0.29, 0.717) is 5.92 Å². The predicted octanol–water partition coefficient (Wildman–Crippen LogP) is 2.74. The van der Waals surface area contributed by atoms with Gasteiger partial charge in [-0.2, -0.15) is 0 Å². The maximum atomic E-state index is 12.3. The minimum absolute atomic E-state index is 0.0203. The molecule has 2 aromatic rings. The van der Waals surface area contributed by atoms with Crippen LogP contribution in [0.4, 0.5) is 5.95 Å². The summed E-state index contributed by atoms with van der Waals surface area (Å²) in [6, 6.07) is 7.69. The van der Waals surface area contributed by atoms with E-state index in [1.165, 1.54) is 5.56 Å². The molecule has 2 heterocycles. The molecule has 0 aliphatic carbocycles. The van der Waals surface area contributed by atoms with Crippen molar-refractivity contribution in [2.75, 3.05) is 24.5 Å². The number of aryl methyl sites for hydroxylation is 2. The predicted molar refractivity (Wildman–Crippen MR) is 95.2 cm³/mol. The van der Waals surface area contributed by atoms with Gasteiger partial charge < -0.3 is 10.2 Å². The van der Waals surface area contributed by atoms with E-state index in [9.17, 15) is 4.79 Å². The Hall–Kier alpha value is -2.43. The van der Waals surface area contributed by atoms with Gasteiger partial charge in [0.05, 0.1) is 0 Å². The van der Waals surface area contributed by atoms with E-state index in [-0.39, 0.29) is 5.91 Å². The summed E-state index contributed by atoms with van der Waals surface area (Å²) in [5.74, 6) is 1.34. The Morgan fingerprint density at radius 1 is 1.17 bits per heavy atom. The SMILES string of the molecule is Cc1ccc(C(=O)NCC2CCN(c3ncccn3)CC2)cc1C. The highest BCUT2D eigenvalue weighted by Crippen LogP contribution is 2.19. The van der Waals surface area contributed by atoms with E-state index < -0.39 is 0 Å². The lowest BCUT2D eigenvalue weighted by molar-refractivity contribution is 0.0945. The van der Waals surface area contributed by atoms with E-state index in [1.54, 1.807) is 12.4 Å². The zero-order valence-corrected chi connectivity index (χ0v) is 14.3. The Kier molecular flexibility index (Phi) is 5.08. The molecule has 3 rings (SSSR count). The third-order valence-corrected chi connectivity index (χ3v) is 4.77. The number of rotatable bonds is 4. The van der Waals surface area contributed by atoms with Crippen LogP contribution in [0.2, 0.25) is 0 Å². The number of nitrogens with zero attached hydrogens (tertiary/aromatic N) is 3. The quantitative estimate of drug-likeness (QED) is 0.939. The zero-order chi connectivity index (χ0) is 16.9. The van der Waals surface area contributed by atoms with Gasteiger partial charge in [-0.05, 0) is 61.9 Å². The molecule has 0 spiro atoms. The molecular weight excluding hydrogens is 300 g/mol. The molecule has 0 unspecified atom stereocenters. The van der Waals surface area contributed by atoms with Gasteiger partial charge in [-0.3, -0.25) is 4.79 Å². The van der Waals surface area contributed by atoms with Gasteiger partial charge in [-0.15, -0.1) is 0 Å². The first-order valence-corrected chi connectivity index (χ1v) is 8.51. The normalized spacial score (nSPS) is 15.3. The van der Waals surface area contributed by atoms with Gasteiger partial charge in [0.25, 0.3) is 5.91 Å². The van der Waals surface area contributed by atoms with E-state index in [0.717, 1.165) is 49.6 Å². The zero-order valence-electron chi connectivity index (χ0n) is 14.3. The number of hydrogen-bond acceptors (Lipinski definition) is 4. The Bertz CT molecular complexity index is 694. The van der Waals surface area contributed by atoms with E-state index >= 15 is 0 Å². The van der Waals surface area contributed by atoms with Crippen LogP contribution in [0.25, 0.3) is 0 Å². The van der Waals surface area contributed by atoms with Gasteiger partial charge in [0, 0.05) is 37.6 Å². The second kappa shape index (κ2) is 7.43. The Morgan fingerprint density at radius 2 is 1.88 bits per heavy atom. The summed E-state index contributed by atoms with van der Waals surface area (Å²) in [7, 11) is 0. The van der Waals surface area contributed by atoms with Gasteiger partial charge in [-0.1, -0.05) is 6.07 Å². The largest absolute Gasteiger partial charge is 0.352 e. The minimum Gasteiger partial charge on any atom is -0.352 e.